The molecule has 2 aromatic rings. The highest BCUT2D eigenvalue weighted by molar-refractivity contribution is 6.35. The van der Waals surface area contributed by atoms with Gasteiger partial charge in [0.2, 0.25) is 5.91 Å². The smallest absolute Gasteiger partial charge is 0.383 e. The van der Waals surface area contributed by atoms with E-state index in [1.807, 2.05) is 6.92 Å². The molecule has 0 aliphatic carbocycles. The van der Waals surface area contributed by atoms with E-state index < -0.39 is 5.92 Å². The molecule has 0 saturated heterocycles. The van der Waals surface area contributed by atoms with Crippen molar-refractivity contribution in [1.29, 1.82) is 0 Å². The minimum absolute atomic E-state index is 0.156. The van der Waals surface area contributed by atoms with Crippen molar-refractivity contribution in [2.24, 2.45) is 0 Å². The van der Waals surface area contributed by atoms with Crippen LogP contribution in [-0.4, -0.2) is 12.5 Å². The summed E-state index contributed by atoms with van der Waals surface area (Å²) in [4.78, 5) is 12.6. The Morgan fingerprint density at radius 2 is 2.25 bits per heavy atom. The molecule has 24 heavy (non-hydrogen) atoms. The molecule has 2 heterocycles. The van der Waals surface area contributed by atoms with Gasteiger partial charge in [-0.25, -0.2) is 0 Å². The first-order valence-electron chi connectivity index (χ1n) is 7.54. The number of nitrogens with zero attached hydrogens (tertiary/aromatic N) is 1. The summed E-state index contributed by atoms with van der Waals surface area (Å²) in [5, 5.41) is 15.7. The molecule has 126 valence electrons. The number of aryl methyl sites for hydroxylation is 1. The minimum atomic E-state index is -0.415. The predicted octanol–water partition coefficient (Wildman–Crippen LogP) is 3.12. The summed E-state index contributed by atoms with van der Waals surface area (Å²) < 4.78 is 6.03. The van der Waals surface area contributed by atoms with Crippen LogP contribution in [-0.2, 0) is 11.3 Å². The van der Waals surface area contributed by atoms with E-state index in [4.69, 9.17) is 27.9 Å². The van der Waals surface area contributed by atoms with Gasteiger partial charge in [-0.15, -0.1) is 4.73 Å². The van der Waals surface area contributed by atoms with Gasteiger partial charge in [0.1, 0.15) is 0 Å². The molecule has 7 heteroatoms. The van der Waals surface area contributed by atoms with Gasteiger partial charge in [-0.2, -0.15) is 0 Å². The normalized spacial score (nSPS) is 16.2. The number of hydrogen-bond donors (Lipinski definition) is 1. The average Bonchev–Trinajstić information content (AvgIpc) is 2.53. The van der Waals surface area contributed by atoms with Gasteiger partial charge in [0, 0.05) is 22.7 Å². The predicted molar refractivity (Wildman–Crippen MR) is 91.3 cm³/mol. The molecule has 1 aromatic carbocycles. The SMILES string of the molecule is Cc1cc(Cl)cc(Cl)c1CNC(=O)C1CCOc2c1ccc[n+]2[O-]. The summed E-state index contributed by atoms with van der Waals surface area (Å²) in [5.74, 6) is -0.373. The third kappa shape index (κ3) is 3.28. The molecule has 1 amide bonds. The number of halogens is 2. The van der Waals surface area contributed by atoms with Crippen LogP contribution in [0.5, 0.6) is 5.88 Å². The second-order valence-corrected chi connectivity index (χ2v) is 6.53. The summed E-state index contributed by atoms with van der Waals surface area (Å²) in [7, 11) is 0. The molecular weight excluding hydrogens is 351 g/mol. The Morgan fingerprint density at radius 3 is 3.00 bits per heavy atom. The number of benzene rings is 1. The molecule has 0 spiro atoms. The van der Waals surface area contributed by atoms with Gasteiger partial charge in [-0.1, -0.05) is 23.2 Å². The number of pyridine rings is 1. The number of hydrogen-bond acceptors (Lipinski definition) is 3. The van der Waals surface area contributed by atoms with Crippen molar-refractivity contribution in [3.63, 3.8) is 0 Å². The quantitative estimate of drug-likeness (QED) is 0.670. The first-order valence-corrected chi connectivity index (χ1v) is 8.30. The topological polar surface area (TPSA) is 65.3 Å². The summed E-state index contributed by atoms with van der Waals surface area (Å²) in [5.41, 5.74) is 2.35. The van der Waals surface area contributed by atoms with Crippen LogP contribution in [0, 0.1) is 12.1 Å². The Kier molecular flexibility index (Phi) is 4.83. The lowest BCUT2D eigenvalue weighted by atomic mass is 9.94. The Morgan fingerprint density at radius 1 is 1.46 bits per heavy atom. The first-order chi connectivity index (χ1) is 11.5. The van der Waals surface area contributed by atoms with Crippen molar-refractivity contribution in [2.75, 3.05) is 6.61 Å². The lowest BCUT2D eigenvalue weighted by molar-refractivity contribution is -0.614. The third-order valence-electron chi connectivity index (χ3n) is 4.10. The molecular formula is C17H16Cl2N2O3. The monoisotopic (exact) mass is 366 g/mol. The summed E-state index contributed by atoms with van der Waals surface area (Å²) in [6, 6.07) is 6.81. The fourth-order valence-electron chi connectivity index (χ4n) is 2.86. The van der Waals surface area contributed by atoms with Crippen LogP contribution in [0.3, 0.4) is 0 Å². The zero-order valence-electron chi connectivity index (χ0n) is 13.0. The van der Waals surface area contributed by atoms with Gasteiger partial charge in [0.15, 0.2) is 6.20 Å². The molecule has 1 unspecified atom stereocenters. The molecule has 1 atom stereocenters. The Bertz CT molecular complexity index is 772. The standard InChI is InChI=1S/C17H16Cl2N2O3/c1-10-7-11(18)8-15(19)14(10)9-20-16(22)12-4-6-24-17-13(12)3-2-5-21(17)23/h2-3,5,7-8,12H,4,6,9H2,1H3,(H,20,22). The van der Waals surface area contributed by atoms with Gasteiger partial charge in [-0.05, 0) is 42.7 Å². The number of carbonyl (C=O) groups excluding carboxylic acids is 1. The second kappa shape index (κ2) is 6.87. The van der Waals surface area contributed by atoms with Crippen molar-refractivity contribution < 1.29 is 14.3 Å². The number of nitrogens with one attached hydrogen (secondary N) is 1. The Balaban J connectivity index is 1.77. The lowest BCUT2D eigenvalue weighted by Crippen LogP contribution is -2.37. The van der Waals surface area contributed by atoms with Crippen LogP contribution in [0.1, 0.15) is 29.0 Å². The molecule has 0 saturated carbocycles. The van der Waals surface area contributed by atoms with Crippen LogP contribution in [0.15, 0.2) is 30.5 Å². The maximum atomic E-state index is 12.6. The van der Waals surface area contributed by atoms with Crippen molar-refractivity contribution in [2.45, 2.75) is 25.8 Å². The number of fused-ring (bicyclic) bond motifs is 1. The van der Waals surface area contributed by atoms with Gasteiger partial charge in [0.05, 0.1) is 18.1 Å². The van der Waals surface area contributed by atoms with E-state index in [1.165, 1.54) is 6.20 Å². The zero-order valence-corrected chi connectivity index (χ0v) is 14.5. The maximum Gasteiger partial charge on any atom is 0.383 e. The summed E-state index contributed by atoms with van der Waals surface area (Å²) in [6.07, 6.45) is 1.88. The summed E-state index contributed by atoms with van der Waals surface area (Å²) in [6.45, 7) is 2.53. The number of carbonyl (C=O) groups is 1. The van der Waals surface area contributed by atoms with E-state index >= 15 is 0 Å². The van der Waals surface area contributed by atoms with Crippen LogP contribution < -0.4 is 14.8 Å². The van der Waals surface area contributed by atoms with E-state index in [9.17, 15) is 10.0 Å². The molecule has 1 N–H and O–H groups in total. The Hall–Kier alpha value is -1.98. The lowest BCUT2D eigenvalue weighted by Gasteiger charge is -2.23. The Labute approximate surface area is 149 Å². The largest absolute Gasteiger partial charge is 0.616 e. The van der Waals surface area contributed by atoms with E-state index in [0.717, 1.165) is 11.1 Å². The zero-order chi connectivity index (χ0) is 17.3. The highest BCUT2D eigenvalue weighted by Crippen LogP contribution is 2.31. The van der Waals surface area contributed by atoms with Crippen LogP contribution in [0.25, 0.3) is 0 Å². The molecule has 1 aliphatic rings. The highest BCUT2D eigenvalue weighted by atomic mass is 35.5. The number of rotatable bonds is 3. The van der Waals surface area contributed by atoms with E-state index in [-0.39, 0.29) is 11.8 Å². The van der Waals surface area contributed by atoms with Crippen LogP contribution in [0.4, 0.5) is 0 Å². The molecule has 1 aliphatic heterocycles. The van der Waals surface area contributed by atoms with E-state index in [0.29, 0.717) is 39.9 Å². The minimum Gasteiger partial charge on any atom is -0.616 e. The van der Waals surface area contributed by atoms with Gasteiger partial charge in [-0.3, -0.25) is 4.79 Å². The number of amides is 1. The van der Waals surface area contributed by atoms with Crippen molar-refractivity contribution in [3.05, 3.63) is 62.4 Å². The summed E-state index contributed by atoms with van der Waals surface area (Å²) >= 11 is 12.2. The van der Waals surface area contributed by atoms with Crippen molar-refractivity contribution in [1.82, 2.24) is 5.32 Å². The van der Waals surface area contributed by atoms with Gasteiger partial charge in [0.25, 0.3) is 0 Å². The molecule has 0 radical (unpaired) electrons. The molecule has 0 fully saturated rings. The second-order valence-electron chi connectivity index (χ2n) is 5.69. The third-order valence-corrected chi connectivity index (χ3v) is 4.66. The first kappa shape index (κ1) is 16.9. The van der Waals surface area contributed by atoms with E-state index in [2.05, 4.69) is 5.32 Å². The highest BCUT2D eigenvalue weighted by Gasteiger charge is 2.32. The van der Waals surface area contributed by atoms with Gasteiger partial charge >= 0.3 is 5.88 Å². The fourth-order valence-corrected chi connectivity index (χ4v) is 3.52. The van der Waals surface area contributed by atoms with Crippen molar-refractivity contribution in [3.8, 4) is 5.88 Å². The molecule has 0 bridgehead atoms. The molecule has 1 aromatic heterocycles. The number of ether oxygens (including phenoxy) is 1. The maximum absolute atomic E-state index is 12.6. The average molecular weight is 367 g/mol. The molecule has 3 rings (SSSR count). The number of aromatic nitrogens is 1. The fraction of sp³-hybridized carbons (Fsp3) is 0.294. The van der Waals surface area contributed by atoms with Gasteiger partial charge < -0.3 is 15.3 Å². The van der Waals surface area contributed by atoms with Crippen LogP contribution >= 0.6 is 23.2 Å². The van der Waals surface area contributed by atoms with Crippen LogP contribution in [0.2, 0.25) is 10.0 Å². The van der Waals surface area contributed by atoms with E-state index in [1.54, 1.807) is 24.3 Å². The van der Waals surface area contributed by atoms with Crippen molar-refractivity contribution >= 4 is 29.1 Å². The molecule has 5 nitrogen and oxygen atoms in total.